The number of piperazine rings is 1. The summed E-state index contributed by atoms with van der Waals surface area (Å²) in [5.41, 5.74) is -0.230. The normalized spacial score (nSPS) is 27.0. The molecule has 0 radical (unpaired) electrons. The molecule has 0 saturated carbocycles. The maximum atomic E-state index is 13.5. The minimum atomic E-state index is -3.67. The van der Waals surface area contributed by atoms with Crippen LogP contribution in [0.25, 0.3) is 0 Å². The predicted molar refractivity (Wildman–Crippen MR) is 114 cm³/mol. The molecule has 30 heavy (non-hydrogen) atoms. The first kappa shape index (κ1) is 22.1. The Labute approximate surface area is 180 Å². The number of hydrogen-bond donors (Lipinski definition) is 0. The highest BCUT2D eigenvalue weighted by Crippen LogP contribution is 2.38. The van der Waals surface area contributed by atoms with Crippen LogP contribution >= 0.6 is 0 Å². The Morgan fingerprint density at radius 3 is 2.43 bits per heavy atom. The molecule has 0 amide bonds. The lowest BCUT2D eigenvalue weighted by Crippen LogP contribution is -2.58. The van der Waals surface area contributed by atoms with Crippen molar-refractivity contribution >= 4 is 10.0 Å². The number of hydrogen-bond acceptors (Lipinski definition) is 5. The van der Waals surface area contributed by atoms with E-state index < -0.39 is 15.8 Å². The monoisotopic (exact) mass is 439 g/mol. The summed E-state index contributed by atoms with van der Waals surface area (Å²) >= 11 is 0. The average molecular weight is 440 g/mol. The van der Waals surface area contributed by atoms with Crippen LogP contribution in [0.3, 0.4) is 0 Å². The summed E-state index contributed by atoms with van der Waals surface area (Å²) in [6.45, 7) is 10.5. The Kier molecular flexibility index (Phi) is 6.51. The van der Waals surface area contributed by atoms with Crippen LogP contribution in [0.15, 0.2) is 29.2 Å². The molecule has 4 rings (SSSR count). The Bertz CT molecular complexity index is 832. The Morgan fingerprint density at radius 1 is 1.10 bits per heavy atom. The predicted octanol–water partition coefficient (Wildman–Crippen LogP) is 2.55. The van der Waals surface area contributed by atoms with Gasteiger partial charge in [-0.1, -0.05) is 6.07 Å². The second-order valence-electron chi connectivity index (χ2n) is 9.21. The van der Waals surface area contributed by atoms with Crippen LogP contribution in [-0.4, -0.2) is 86.1 Å². The van der Waals surface area contributed by atoms with Crippen molar-refractivity contribution < 1.29 is 17.5 Å². The van der Waals surface area contributed by atoms with Gasteiger partial charge in [-0.2, -0.15) is 4.31 Å². The summed E-state index contributed by atoms with van der Waals surface area (Å²) in [7, 11) is -3.67. The smallest absolute Gasteiger partial charge is 0.243 e. The molecule has 3 fully saturated rings. The van der Waals surface area contributed by atoms with Gasteiger partial charge in [-0.3, -0.25) is 9.80 Å². The molecule has 3 heterocycles. The van der Waals surface area contributed by atoms with Gasteiger partial charge in [-0.15, -0.1) is 0 Å². The minimum Gasteiger partial charge on any atom is -0.375 e. The summed E-state index contributed by atoms with van der Waals surface area (Å²) in [6.07, 6.45) is 3.42. The highest BCUT2D eigenvalue weighted by Gasteiger charge is 2.44. The molecule has 0 bridgehead atoms. The maximum Gasteiger partial charge on any atom is 0.243 e. The lowest BCUT2D eigenvalue weighted by atomic mass is 9.82. The first-order valence-corrected chi connectivity index (χ1v) is 12.6. The molecule has 1 spiro atoms. The number of rotatable bonds is 4. The molecule has 3 aliphatic heterocycles. The van der Waals surface area contributed by atoms with Crippen molar-refractivity contribution in [2.24, 2.45) is 0 Å². The van der Waals surface area contributed by atoms with E-state index in [4.69, 9.17) is 4.74 Å². The van der Waals surface area contributed by atoms with Gasteiger partial charge in [0.15, 0.2) is 0 Å². The zero-order valence-electron chi connectivity index (χ0n) is 18.1. The van der Waals surface area contributed by atoms with E-state index in [0.29, 0.717) is 38.0 Å². The molecule has 1 aromatic carbocycles. The molecule has 1 atom stereocenters. The number of halogens is 1. The fourth-order valence-electron chi connectivity index (χ4n) is 5.19. The van der Waals surface area contributed by atoms with Crippen molar-refractivity contribution in [1.29, 1.82) is 0 Å². The molecule has 3 aliphatic rings. The van der Waals surface area contributed by atoms with Gasteiger partial charge in [0.05, 0.1) is 10.5 Å². The van der Waals surface area contributed by atoms with Crippen molar-refractivity contribution in [3.63, 3.8) is 0 Å². The van der Waals surface area contributed by atoms with E-state index in [-0.39, 0.29) is 10.5 Å². The van der Waals surface area contributed by atoms with E-state index in [1.165, 1.54) is 22.5 Å². The van der Waals surface area contributed by atoms with Gasteiger partial charge >= 0.3 is 0 Å². The van der Waals surface area contributed by atoms with Crippen LogP contribution in [0.5, 0.6) is 0 Å². The largest absolute Gasteiger partial charge is 0.375 e. The maximum absolute atomic E-state index is 13.5. The van der Waals surface area contributed by atoms with Gasteiger partial charge < -0.3 is 4.74 Å². The second kappa shape index (κ2) is 8.82. The number of piperidine rings is 1. The zero-order valence-corrected chi connectivity index (χ0v) is 18.9. The summed E-state index contributed by atoms with van der Waals surface area (Å²) < 4.78 is 47.1. The van der Waals surface area contributed by atoms with Crippen LogP contribution in [0.1, 0.15) is 39.5 Å². The first-order valence-electron chi connectivity index (χ1n) is 11.2. The highest BCUT2D eigenvalue weighted by atomic mass is 32.2. The number of ether oxygens (including phenoxy) is 1. The van der Waals surface area contributed by atoms with Crippen LogP contribution in [-0.2, 0) is 14.8 Å². The standard InChI is InChI=1S/C22H34FN3O3S/c1-18(2)24-11-13-25(14-12-24)20-6-15-29-22(17-20)7-9-26(10-8-22)30(27,28)21-5-3-4-19(23)16-21/h3-5,16,18,20H,6-15,17H2,1-2H3/t20-/m0/s1. The van der Waals surface area contributed by atoms with Crippen LogP contribution in [0.4, 0.5) is 4.39 Å². The van der Waals surface area contributed by atoms with Crippen LogP contribution in [0, 0.1) is 5.82 Å². The van der Waals surface area contributed by atoms with Crippen molar-refractivity contribution in [3.8, 4) is 0 Å². The van der Waals surface area contributed by atoms with Crippen molar-refractivity contribution in [3.05, 3.63) is 30.1 Å². The number of sulfonamides is 1. The van der Waals surface area contributed by atoms with E-state index in [9.17, 15) is 12.8 Å². The van der Waals surface area contributed by atoms with Crippen molar-refractivity contribution in [1.82, 2.24) is 14.1 Å². The minimum absolute atomic E-state index is 0.0314. The van der Waals surface area contributed by atoms with E-state index in [1.54, 1.807) is 0 Å². The van der Waals surface area contributed by atoms with Crippen molar-refractivity contribution in [2.75, 3.05) is 45.9 Å². The van der Waals surface area contributed by atoms with Gasteiger partial charge in [-0.25, -0.2) is 12.8 Å². The van der Waals surface area contributed by atoms with Gasteiger partial charge in [0.1, 0.15) is 5.82 Å². The molecular formula is C22H34FN3O3S. The number of nitrogens with zero attached hydrogens (tertiary/aromatic N) is 3. The lowest BCUT2D eigenvalue weighted by Gasteiger charge is -2.49. The SMILES string of the molecule is CC(C)N1CCN([C@H]2CCOC3(CCN(S(=O)(=O)c4cccc(F)c4)CC3)C2)CC1. The van der Waals surface area contributed by atoms with E-state index >= 15 is 0 Å². The number of benzene rings is 1. The van der Waals surface area contributed by atoms with Gasteiger partial charge in [0, 0.05) is 58.0 Å². The fraction of sp³-hybridized carbons (Fsp3) is 0.727. The molecule has 8 heteroatoms. The third kappa shape index (κ3) is 4.58. The molecule has 0 unspecified atom stereocenters. The van der Waals surface area contributed by atoms with Crippen LogP contribution in [0.2, 0.25) is 0 Å². The third-order valence-electron chi connectivity index (χ3n) is 7.13. The summed E-state index contributed by atoms with van der Waals surface area (Å²) in [5.74, 6) is -0.527. The Morgan fingerprint density at radius 2 is 1.80 bits per heavy atom. The Balaban J connectivity index is 1.37. The quantitative estimate of drug-likeness (QED) is 0.722. The second-order valence-corrected chi connectivity index (χ2v) is 11.1. The topological polar surface area (TPSA) is 53.1 Å². The summed E-state index contributed by atoms with van der Waals surface area (Å²) in [5, 5.41) is 0. The van der Waals surface area contributed by atoms with E-state index in [1.807, 2.05) is 0 Å². The molecule has 168 valence electrons. The average Bonchev–Trinajstić information content (AvgIpc) is 2.74. The van der Waals surface area contributed by atoms with E-state index in [2.05, 4.69) is 23.6 Å². The molecule has 1 aromatic rings. The lowest BCUT2D eigenvalue weighted by molar-refractivity contribution is -0.130. The van der Waals surface area contributed by atoms with Gasteiger partial charge in [-0.05, 0) is 57.7 Å². The highest BCUT2D eigenvalue weighted by molar-refractivity contribution is 7.89. The molecule has 6 nitrogen and oxygen atoms in total. The zero-order chi connectivity index (χ0) is 21.4. The summed E-state index contributed by atoms with van der Waals surface area (Å²) in [4.78, 5) is 5.17. The molecule has 0 aliphatic carbocycles. The van der Waals surface area contributed by atoms with Crippen LogP contribution < -0.4 is 0 Å². The molecular weight excluding hydrogens is 405 g/mol. The molecule has 0 N–H and O–H groups in total. The first-order chi connectivity index (χ1) is 14.3. The summed E-state index contributed by atoms with van der Waals surface area (Å²) in [6, 6.07) is 6.39. The van der Waals surface area contributed by atoms with E-state index in [0.717, 1.165) is 51.7 Å². The molecule has 0 aromatic heterocycles. The fourth-order valence-corrected chi connectivity index (χ4v) is 6.67. The third-order valence-corrected chi connectivity index (χ3v) is 9.02. The van der Waals surface area contributed by atoms with Gasteiger partial charge in [0.2, 0.25) is 10.0 Å². The van der Waals surface area contributed by atoms with Crippen molar-refractivity contribution in [2.45, 2.75) is 62.1 Å². The Hall–Kier alpha value is -1.06. The molecule has 3 saturated heterocycles. The van der Waals surface area contributed by atoms with Gasteiger partial charge in [0.25, 0.3) is 0 Å².